The molecule has 0 fully saturated rings. The Morgan fingerprint density at radius 1 is 0.288 bits per heavy atom. The summed E-state index contributed by atoms with van der Waals surface area (Å²) in [5.41, 5.74) is 4.42. The molecule has 0 N–H and O–H groups in total. The van der Waals surface area contributed by atoms with Crippen LogP contribution in [0.25, 0.3) is 0 Å². The summed E-state index contributed by atoms with van der Waals surface area (Å²) in [4.78, 5) is 10.6. The lowest BCUT2D eigenvalue weighted by atomic mass is 9.96. The zero-order valence-electron chi connectivity index (χ0n) is 36.3. The second kappa shape index (κ2) is 39.8. The van der Waals surface area contributed by atoms with E-state index in [0.29, 0.717) is 0 Å². The number of hydrogen-bond donors (Lipinski definition) is 0. The number of unbranched alkanes of at least 4 members (excludes halogenated alkanes) is 34. The maximum atomic E-state index is 5.31. The van der Waals surface area contributed by atoms with E-state index in [2.05, 4.69) is 27.7 Å². The van der Waals surface area contributed by atoms with Crippen LogP contribution in [0, 0.1) is 6.92 Å². The lowest BCUT2D eigenvalue weighted by Gasteiger charge is -2.16. The molecule has 0 spiro atoms. The SMILES string of the molecule is [CH2]CCCc1nc(CCCCCCCCCCCCCC)c(CCCCCCCCCCCCCC)c(CCCCCCCCCCCCCC)n1. The monoisotopic (exact) mass is 724 g/mol. The first-order valence-corrected chi connectivity index (χ1v) is 24.4. The van der Waals surface area contributed by atoms with Gasteiger partial charge in [-0.15, -0.1) is 0 Å². The van der Waals surface area contributed by atoms with Crippen LogP contribution in [0.1, 0.15) is 288 Å². The van der Waals surface area contributed by atoms with Gasteiger partial charge in [0, 0.05) is 17.8 Å². The highest BCUT2D eigenvalue weighted by molar-refractivity contribution is 5.27. The molecule has 2 nitrogen and oxygen atoms in total. The molecule has 0 aliphatic heterocycles. The zero-order valence-corrected chi connectivity index (χ0v) is 36.3. The second-order valence-electron chi connectivity index (χ2n) is 16.9. The summed E-state index contributed by atoms with van der Waals surface area (Å²) in [6.07, 6.45) is 57.4. The smallest absolute Gasteiger partial charge is 0.128 e. The van der Waals surface area contributed by atoms with E-state index in [9.17, 15) is 0 Å². The largest absolute Gasteiger partial charge is 0.238 e. The van der Waals surface area contributed by atoms with E-state index >= 15 is 0 Å². The van der Waals surface area contributed by atoms with Crippen molar-refractivity contribution in [3.63, 3.8) is 0 Å². The third-order valence-electron chi connectivity index (χ3n) is 11.7. The lowest BCUT2D eigenvalue weighted by Crippen LogP contribution is -2.11. The molecule has 1 rings (SSSR count). The summed E-state index contributed by atoms with van der Waals surface area (Å²) >= 11 is 0. The fraction of sp³-hybridized carbons (Fsp3) is 0.900. The van der Waals surface area contributed by atoms with Gasteiger partial charge in [0.1, 0.15) is 5.82 Å². The summed E-state index contributed by atoms with van der Waals surface area (Å²) in [5.74, 6) is 1.12. The molecule has 1 radical (unpaired) electrons. The lowest BCUT2D eigenvalue weighted by molar-refractivity contribution is 0.537. The van der Waals surface area contributed by atoms with E-state index in [1.54, 1.807) is 5.56 Å². The van der Waals surface area contributed by atoms with Gasteiger partial charge < -0.3 is 0 Å². The van der Waals surface area contributed by atoms with Crippen LogP contribution >= 0.6 is 0 Å². The first kappa shape index (κ1) is 49.1. The molecular weight excluding hydrogens is 629 g/mol. The van der Waals surface area contributed by atoms with Gasteiger partial charge in [-0.05, 0) is 50.5 Å². The van der Waals surface area contributed by atoms with Crippen molar-refractivity contribution < 1.29 is 0 Å². The minimum absolute atomic E-state index is 0.978. The van der Waals surface area contributed by atoms with Gasteiger partial charge in [-0.2, -0.15) is 0 Å². The molecule has 0 unspecified atom stereocenters. The molecule has 0 saturated heterocycles. The van der Waals surface area contributed by atoms with Gasteiger partial charge in [-0.1, -0.05) is 246 Å². The molecule has 0 amide bonds. The topological polar surface area (TPSA) is 25.8 Å². The van der Waals surface area contributed by atoms with Crippen LogP contribution in [0.15, 0.2) is 0 Å². The van der Waals surface area contributed by atoms with E-state index in [-0.39, 0.29) is 0 Å². The molecule has 0 bridgehead atoms. The van der Waals surface area contributed by atoms with Gasteiger partial charge in [-0.3, -0.25) is 0 Å². The first-order chi connectivity index (χ1) is 25.8. The summed E-state index contributed by atoms with van der Waals surface area (Å²) in [6, 6.07) is 0. The normalized spacial score (nSPS) is 11.6. The molecule has 0 aliphatic rings. The van der Waals surface area contributed by atoms with Crippen LogP contribution in [0.5, 0.6) is 0 Å². The average Bonchev–Trinajstić information content (AvgIpc) is 3.15. The molecular formula is C50H95N2. The van der Waals surface area contributed by atoms with Crippen LogP contribution in [-0.4, -0.2) is 9.97 Å². The molecule has 1 heterocycles. The number of hydrogen-bond acceptors (Lipinski definition) is 2. The molecule has 1 aromatic heterocycles. The highest BCUT2D eigenvalue weighted by Gasteiger charge is 2.15. The van der Waals surface area contributed by atoms with Gasteiger partial charge in [-0.25, -0.2) is 9.97 Å². The Hall–Kier alpha value is -0.920. The zero-order chi connectivity index (χ0) is 37.4. The van der Waals surface area contributed by atoms with Gasteiger partial charge in [0.15, 0.2) is 0 Å². The molecule has 0 atom stereocenters. The van der Waals surface area contributed by atoms with Crippen molar-refractivity contribution in [2.45, 2.75) is 290 Å². The molecule has 2 heteroatoms. The summed E-state index contributed by atoms with van der Waals surface area (Å²) in [6.45, 7) is 11.1. The van der Waals surface area contributed by atoms with Crippen LogP contribution in [0.3, 0.4) is 0 Å². The fourth-order valence-corrected chi connectivity index (χ4v) is 8.14. The van der Waals surface area contributed by atoms with E-state index < -0.39 is 0 Å². The summed E-state index contributed by atoms with van der Waals surface area (Å²) < 4.78 is 0. The molecule has 305 valence electrons. The number of nitrogens with zero attached hydrogens (tertiary/aromatic N) is 2. The van der Waals surface area contributed by atoms with Crippen molar-refractivity contribution in [3.05, 3.63) is 29.7 Å². The van der Waals surface area contributed by atoms with Crippen molar-refractivity contribution in [1.82, 2.24) is 9.97 Å². The molecule has 0 saturated carbocycles. The van der Waals surface area contributed by atoms with Crippen LogP contribution in [0.2, 0.25) is 0 Å². The molecule has 1 aromatic rings. The summed E-state index contributed by atoms with van der Waals surface area (Å²) in [7, 11) is 0. The van der Waals surface area contributed by atoms with Crippen LogP contribution < -0.4 is 0 Å². The predicted octanol–water partition coefficient (Wildman–Crippen LogP) is 17.4. The minimum Gasteiger partial charge on any atom is -0.238 e. The molecule has 0 aliphatic carbocycles. The standard InChI is InChI=1S/C50H95N2/c1-5-9-13-16-19-22-25-28-31-34-37-40-43-47-48(44-41-38-35-32-29-26-23-20-17-14-10-6-2)51-50(46-12-8-4)52-49(47)45-42-39-36-33-30-27-24-21-18-15-11-7-3/h4-46H2,1-3H3. The Morgan fingerprint density at radius 3 is 0.808 bits per heavy atom. The van der Waals surface area contributed by atoms with Crippen molar-refractivity contribution >= 4 is 0 Å². The second-order valence-corrected chi connectivity index (χ2v) is 16.9. The van der Waals surface area contributed by atoms with E-state index in [1.165, 1.54) is 249 Å². The Bertz CT molecular complexity index is 798. The maximum absolute atomic E-state index is 5.31. The average molecular weight is 724 g/mol. The van der Waals surface area contributed by atoms with E-state index in [0.717, 1.165) is 37.9 Å². The van der Waals surface area contributed by atoms with Gasteiger partial charge in [0.25, 0.3) is 0 Å². The molecule has 52 heavy (non-hydrogen) atoms. The number of rotatable bonds is 42. The molecule has 0 aromatic carbocycles. The Balaban J connectivity index is 2.61. The van der Waals surface area contributed by atoms with Crippen molar-refractivity contribution in [2.24, 2.45) is 0 Å². The summed E-state index contributed by atoms with van der Waals surface area (Å²) in [5, 5.41) is 0. The highest BCUT2D eigenvalue weighted by atomic mass is 14.9. The van der Waals surface area contributed by atoms with Crippen molar-refractivity contribution in [2.75, 3.05) is 0 Å². The van der Waals surface area contributed by atoms with Crippen LogP contribution in [-0.2, 0) is 25.7 Å². The van der Waals surface area contributed by atoms with Crippen molar-refractivity contribution in [3.8, 4) is 0 Å². The van der Waals surface area contributed by atoms with Crippen LogP contribution in [0.4, 0.5) is 0 Å². The Kier molecular flexibility index (Phi) is 37.5. The quantitative estimate of drug-likeness (QED) is 0.0628. The van der Waals surface area contributed by atoms with Gasteiger partial charge in [0.05, 0.1) is 0 Å². The Labute approximate surface area is 329 Å². The third kappa shape index (κ3) is 30.4. The van der Waals surface area contributed by atoms with Gasteiger partial charge >= 0.3 is 0 Å². The maximum Gasteiger partial charge on any atom is 0.128 e. The number of aryl methyl sites for hydroxylation is 3. The van der Waals surface area contributed by atoms with E-state index in [1.807, 2.05) is 0 Å². The fourth-order valence-electron chi connectivity index (χ4n) is 8.14. The highest BCUT2D eigenvalue weighted by Crippen LogP contribution is 2.23. The van der Waals surface area contributed by atoms with E-state index in [4.69, 9.17) is 9.97 Å². The number of aromatic nitrogens is 2. The first-order valence-electron chi connectivity index (χ1n) is 24.4. The predicted molar refractivity (Wildman–Crippen MR) is 235 cm³/mol. The Morgan fingerprint density at radius 2 is 0.538 bits per heavy atom. The van der Waals surface area contributed by atoms with Crippen molar-refractivity contribution in [1.29, 1.82) is 0 Å². The third-order valence-corrected chi connectivity index (χ3v) is 11.7. The van der Waals surface area contributed by atoms with Gasteiger partial charge in [0.2, 0.25) is 0 Å². The minimum atomic E-state index is 0.978.